The van der Waals surface area contributed by atoms with E-state index in [1.807, 2.05) is 41.1 Å². The molecule has 0 spiro atoms. The molecule has 1 N–H and O–H groups in total. The number of non-ortho nitro benzene ring substituents is 1. The van der Waals surface area contributed by atoms with Crippen molar-refractivity contribution in [1.82, 2.24) is 14.9 Å². The number of fused-ring (bicyclic) bond motifs is 1. The van der Waals surface area contributed by atoms with Gasteiger partial charge in [-0.05, 0) is 5.56 Å². The van der Waals surface area contributed by atoms with Crippen molar-refractivity contribution in [2.24, 2.45) is 0 Å². The number of nitro groups is 1. The lowest BCUT2D eigenvalue weighted by Crippen LogP contribution is -2.13. The Bertz CT molecular complexity index is 881. The van der Waals surface area contributed by atoms with Crippen LogP contribution in [0.2, 0.25) is 0 Å². The Morgan fingerprint density at radius 1 is 1.13 bits per heavy atom. The maximum atomic E-state index is 10.9. The zero-order chi connectivity index (χ0) is 15.8. The highest BCUT2D eigenvalue weighted by molar-refractivity contribution is 7.99. The molecule has 114 valence electrons. The maximum Gasteiger partial charge on any atom is 0.269 e. The minimum atomic E-state index is -0.390. The topological polar surface area (TPSA) is 85.9 Å². The highest BCUT2D eigenvalue weighted by Gasteiger charge is 2.28. The van der Waals surface area contributed by atoms with Crippen LogP contribution in [0.15, 0.2) is 59.8 Å². The Morgan fingerprint density at radius 3 is 2.74 bits per heavy atom. The molecule has 2 aromatic carbocycles. The number of aromatic nitrogens is 3. The van der Waals surface area contributed by atoms with Crippen LogP contribution in [-0.2, 0) is 0 Å². The summed E-state index contributed by atoms with van der Waals surface area (Å²) in [6, 6.07) is 16.4. The van der Waals surface area contributed by atoms with Gasteiger partial charge in [-0.25, -0.2) is 4.68 Å². The second-order valence-electron chi connectivity index (χ2n) is 4.99. The first-order chi connectivity index (χ1) is 11.2. The van der Waals surface area contributed by atoms with Gasteiger partial charge in [0.1, 0.15) is 5.37 Å². The molecule has 8 heteroatoms. The van der Waals surface area contributed by atoms with Gasteiger partial charge in [-0.1, -0.05) is 54.2 Å². The van der Waals surface area contributed by atoms with Crippen molar-refractivity contribution in [3.05, 3.63) is 70.3 Å². The van der Waals surface area contributed by atoms with Crippen LogP contribution in [0, 0.1) is 10.1 Å². The van der Waals surface area contributed by atoms with Crippen molar-refractivity contribution in [2.75, 3.05) is 5.43 Å². The van der Waals surface area contributed by atoms with Gasteiger partial charge < -0.3 is 5.43 Å². The fourth-order valence-corrected chi connectivity index (χ4v) is 3.41. The number of thioether (sulfide) groups is 1. The molecule has 0 amide bonds. The van der Waals surface area contributed by atoms with Crippen LogP contribution in [0.25, 0.3) is 11.4 Å². The van der Waals surface area contributed by atoms with E-state index in [0.29, 0.717) is 0 Å². The standard InChI is InChI=1S/C15H11N5O2S/c21-20(22)12-8-4-7-11(9-12)14-18-19-13(16-17-15(19)23-14)10-5-2-1-3-6-10/h1-9,14,18H. The number of rotatable bonds is 3. The fourth-order valence-electron chi connectivity index (χ4n) is 2.43. The van der Waals surface area contributed by atoms with Gasteiger partial charge in [0.15, 0.2) is 5.82 Å². The molecular formula is C15H11N5O2S. The lowest BCUT2D eigenvalue weighted by molar-refractivity contribution is -0.384. The number of hydrogen-bond acceptors (Lipinski definition) is 6. The van der Waals surface area contributed by atoms with E-state index in [-0.39, 0.29) is 11.1 Å². The Kier molecular flexibility index (Phi) is 3.23. The summed E-state index contributed by atoms with van der Waals surface area (Å²) in [5, 5.41) is 19.9. The molecule has 0 saturated heterocycles. The molecular weight excluding hydrogens is 314 g/mol. The molecule has 2 heterocycles. The van der Waals surface area contributed by atoms with Gasteiger partial charge >= 0.3 is 0 Å². The molecule has 7 nitrogen and oxygen atoms in total. The first-order valence-corrected chi connectivity index (χ1v) is 7.79. The predicted octanol–water partition coefficient (Wildman–Crippen LogP) is 3.20. The van der Waals surface area contributed by atoms with E-state index in [0.717, 1.165) is 22.1 Å². The normalized spacial score (nSPS) is 15.9. The smallest absolute Gasteiger partial charge is 0.269 e. The van der Waals surface area contributed by atoms with E-state index in [1.54, 1.807) is 12.1 Å². The molecule has 0 saturated carbocycles. The molecule has 1 aliphatic rings. The molecule has 1 aliphatic heterocycles. The average molecular weight is 325 g/mol. The maximum absolute atomic E-state index is 10.9. The molecule has 1 unspecified atom stereocenters. The van der Waals surface area contributed by atoms with E-state index in [4.69, 9.17) is 0 Å². The lowest BCUT2D eigenvalue weighted by Gasteiger charge is -2.12. The van der Waals surface area contributed by atoms with Crippen molar-refractivity contribution < 1.29 is 4.92 Å². The second-order valence-corrected chi connectivity index (χ2v) is 6.06. The van der Waals surface area contributed by atoms with Crippen LogP contribution in [-0.4, -0.2) is 19.8 Å². The molecule has 1 aromatic heterocycles. The van der Waals surface area contributed by atoms with E-state index in [1.165, 1.54) is 17.8 Å². The largest absolute Gasteiger partial charge is 0.304 e. The Morgan fingerprint density at radius 2 is 1.96 bits per heavy atom. The van der Waals surface area contributed by atoms with Gasteiger partial charge in [0.25, 0.3) is 5.69 Å². The number of benzene rings is 2. The van der Waals surface area contributed by atoms with Crippen LogP contribution >= 0.6 is 11.8 Å². The van der Waals surface area contributed by atoms with Crippen molar-refractivity contribution in [3.8, 4) is 11.4 Å². The number of nitro benzene ring substituents is 1. The van der Waals surface area contributed by atoms with Gasteiger partial charge in [-0.3, -0.25) is 10.1 Å². The van der Waals surface area contributed by atoms with E-state index in [9.17, 15) is 10.1 Å². The third kappa shape index (κ3) is 2.42. The number of hydrogen-bond donors (Lipinski definition) is 1. The van der Waals surface area contributed by atoms with Gasteiger partial charge in [-0.15, -0.1) is 10.2 Å². The van der Waals surface area contributed by atoms with Crippen LogP contribution in [0.4, 0.5) is 5.69 Å². The molecule has 3 aromatic rings. The summed E-state index contributed by atoms with van der Waals surface area (Å²) in [4.78, 5) is 10.5. The Balaban J connectivity index is 1.65. The van der Waals surface area contributed by atoms with Crippen LogP contribution in [0.5, 0.6) is 0 Å². The number of nitrogens with zero attached hydrogens (tertiary/aromatic N) is 4. The highest BCUT2D eigenvalue weighted by Crippen LogP contribution is 2.40. The summed E-state index contributed by atoms with van der Waals surface area (Å²) in [7, 11) is 0. The van der Waals surface area contributed by atoms with E-state index in [2.05, 4.69) is 15.6 Å². The third-order valence-corrected chi connectivity index (χ3v) is 4.61. The molecule has 0 fully saturated rings. The summed E-state index contributed by atoms with van der Waals surface area (Å²) in [6.45, 7) is 0. The van der Waals surface area contributed by atoms with Crippen LogP contribution < -0.4 is 5.43 Å². The third-order valence-electron chi connectivity index (χ3n) is 3.52. The van der Waals surface area contributed by atoms with Gasteiger partial charge in [-0.2, -0.15) is 0 Å². The van der Waals surface area contributed by atoms with E-state index < -0.39 is 4.92 Å². The molecule has 0 bridgehead atoms. The average Bonchev–Trinajstić information content (AvgIpc) is 3.16. The summed E-state index contributed by atoms with van der Waals surface area (Å²) >= 11 is 1.48. The molecule has 0 aliphatic carbocycles. The Labute approximate surface area is 135 Å². The quantitative estimate of drug-likeness (QED) is 0.588. The van der Waals surface area contributed by atoms with Crippen molar-refractivity contribution in [1.29, 1.82) is 0 Å². The SMILES string of the molecule is O=[N+]([O-])c1cccc(C2Nn3c(nnc3-c3ccccc3)S2)c1. The first-order valence-electron chi connectivity index (χ1n) is 6.91. The molecule has 23 heavy (non-hydrogen) atoms. The van der Waals surface area contributed by atoms with Crippen molar-refractivity contribution in [3.63, 3.8) is 0 Å². The van der Waals surface area contributed by atoms with Gasteiger partial charge in [0.2, 0.25) is 5.16 Å². The van der Waals surface area contributed by atoms with Crippen molar-refractivity contribution in [2.45, 2.75) is 10.5 Å². The van der Waals surface area contributed by atoms with Crippen molar-refractivity contribution >= 4 is 17.4 Å². The minimum absolute atomic E-state index is 0.0795. The van der Waals surface area contributed by atoms with Crippen LogP contribution in [0.3, 0.4) is 0 Å². The number of nitrogens with one attached hydrogen (secondary N) is 1. The van der Waals surface area contributed by atoms with Crippen LogP contribution in [0.1, 0.15) is 10.9 Å². The second kappa shape index (κ2) is 5.40. The van der Waals surface area contributed by atoms with Gasteiger partial charge in [0, 0.05) is 17.7 Å². The molecule has 0 radical (unpaired) electrons. The highest BCUT2D eigenvalue weighted by atomic mass is 32.2. The zero-order valence-electron chi connectivity index (χ0n) is 11.8. The summed E-state index contributed by atoms with van der Waals surface area (Å²) < 4.78 is 1.82. The monoisotopic (exact) mass is 325 g/mol. The Hall–Kier alpha value is -2.87. The summed E-state index contributed by atoms with van der Waals surface area (Å²) in [5.41, 5.74) is 5.16. The van der Waals surface area contributed by atoms with E-state index >= 15 is 0 Å². The summed E-state index contributed by atoms with van der Waals surface area (Å²) in [5.74, 6) is 0.723. The minimum Gasteiger partial charge on any atom is -0.304 e. The van der Waals surface area contributed by atoms with Gasteiger partial charge in [0.05, 0.1) is 4.92 Å². The molecule has 4 rings (SSSR count). The summed E-state index contributed by atoms with van der Waals surface area (Å²) in [6.07, 6.45) is 0. The molecule has 1 atom stereocenters. The predicted molar refractivity (Wildman–Crippen MR) is 86.5 cm³/mol. The first kappa shape index (κ1) is 13.8. The lowest BCUT2D eigenvalue weighted by atomic mass is 10.2. The fraction of sp³-hybridized carbons (Fsp3) is 0.0667. The zero-order valence-corrected chi connectivity index (χ0v) is 12.6.